The Labute approximate surface area is 399 Å². The van der Waals surface area contributed by atoms with Crippen molar-refractivity contribution in [2.45, 2.75) is 172 Å². The molecule has 0 bridgehead atoms. The van der Waals surface area contributed by atoms with Crippen LogP contribution in [0, 0.1) is 57.2 Å². The van der Waals surface area contributed by atoms with Crippen LogP contribution in [0.15, 0.2) is 46.6 Å². The van der Waals surface area contributed by atoms with Crippen LogP contribution in [-0.4, -0.2) is 108 Å². The lowest BCUT2D eigenvalue weighted by molar-refractivity contribution is -0.921. The van der Waals surface area contributed by atoms with Gasteiger partial charge in [-0.25, -0.2) is 4.79 Å². The molecule has 0 radical (unpaired) electrons. The summed E-state index contributed by atoms with van der Waals surface area (Å²) in [6.07, 6.45) is 20.2. The van der Waals surface area contributed by atoms with Gasteiger partial charge in [-0.05, 0) is 163 Å². The molecule has 0 aromatic rings. The molecule has 0 amide bonds. The van der Waals surface area contributed by atoms with Gasteiger partial charge < -0.3 is 39.1 Å². The number of nitrogens with zero attached hydrogens (tertiary/aromatic N) is 1. The minimum atomic E-state index is -0.997. The number of aliphatic hydroxyl groups is 3. The van der Waals surface area contributed by atoms with Crippen molar-refractivity contribution in [1.29, 1.82) is 0 Å². The van der Waals surface area contributed by atoms with Crippen LogP contribution in [-0.2, 0) is 23.8 Å². The van der Waals surface area contributed by atoms with Crippen molar-refractivity contribution in [2.75, 3.05) is 52.6 Å². The highest BCUT2D eigenvalue weighted by Crippen LogP contribution is 2.63. The van der Waals surface area contributed by atoms with E-state index >= 15 is 0 Å². The smallest absolute Gasteiger partial charge is 0.481 e. The molecule has 1 aliphatic heterocycles. The monoisotopic (exact) mass is 927 g/mol. The molecule has 4 N–H and O–H groups in total. The Hall–Kier alpha value is -2.99. The topological polar surface area (TPSA) is 160 Å². The number of carbonyl (C=O) groups excluding carboxylic acids is 2. The standard InChI is InChI=1S/C23H36O4.C20H30O2.C8H20N.C4H6O4/c1-15(2)16-6-8-19-17(12-16)7-9-20-22(19,3)10-5-11-23(20,4)21(26)27-14-18(25)13-24;1-13(2)14-6-8-16-15(12-14)7-9-17-19(16,3)10-5-11-20(17,4)18(21)22;1-5-9(6-2,7-3)8-4;5-1-3-2-7-4(6)8-3/h7,12,15,18-20,24-25H,5-6,8-11,13-14H2,1-4H3;7,12-13,16-17H,5-6,8-11H2,1-4H3,(H,21,22);5-8H2,1-4H3;3,5H,1-2H2/q;;+1;/t18?,19-,20?,22+,23+;16-,17?,19+,20+;;/m00../s1. The number of allylic oxidation sites excluding steroid dienone is 8. The molecule has 66 heavy (non-hydrogen) atoms. The highest BCUT2D eigenvalue weighted by atomic mass is 16.8. The van der Waals surface area contributed by atoms with Crippen molar-refractivity contribution in [1.82, 2.24) is 0 Å². The number of rotatable bonds is 12. The Morgan fingerprint density at radius 1 is 0.758 bits per heavy atom. The second-order valence-electron chi connectivity index (χ2n) is 22.3. The van der Waals surface area contributed by atoms with Gasteiger partial charge >= 0.3 is 18.1 Å². The first-order chi connectivity index (χ1) is 31.1. The molecule has 1 heterocycles. The van der Waals surface area contributed by atoms with E-state index in [2.05, 4.69) is 110 Å². The molecule has 4 unspecified atom stereocenters. The number of aliphatic hydroxyl groups excluding tert-OH is 3. The highest BCUT2D eigenvalue weighted by molar-refractivity contribution is 5.77. The maximum absolute atomic E-state index is 13.0. The van der Waals surface area contributed by atoms with E-state index in [0.29, 0.717) is 23.7 Å². The molecule has 6 aliphatic carbocycles. The predicted octanol–water partition coefficient (Wildman–Crippen LogP) is 10.6. The van der Waals surface area contributed by atoms with Gasteiger partial charge in [0.1, 0.15) is 19.3 Å². The summed E-state index contributed by atoms with van der Waals surface area (Å²) >= 11 is 0. The molecule has 2 saturated carbocycles. The quantitative estimate of drug-likeness (QED) is 0.110. The number of carboxylic acid groups (broad SMARTS) is 1. The maximum atomic E-state index is 13.0. The van der Waals surface area contributed by atoms with Gasteiger partial charge in [-0.2, -0.15) is 0 Å². The van der Waals surface area contributed by atoms with Crippen molar-refractivity contribution in [3.05, 3.63) is 46.6 Å². The number of carbonyl (C=O) groups is 3. The van der Waals surface area contributed by atoms with Crippen LogP contribution in [0.1, 0.15) is 160 Å². The van der Waals surface area contributed by atoms with Gasteiger partial charge in [-0.3, -0.25) is 9.59 Å². The van der Waals surface area contributed by atoms with E-state index < -0.39 is 35.2 Å². The number of ether oxygens (including phenoxy) is 3. The maximum Gasteiger partial charge on any atom is 0.508 e. The lowest BCUT2D eigenvalue weighted by Gasteiger charge is -2.57. The molecule has 0 spiro atoms. The van der Waals surface area contributed by atoms with Gasteiger partial charge in [0.15, 0.2) is 6.10 Å². The molecule has 3 fully saturated rings. The van der Waals surface area contributed by atoms with Crippen LogP contribution in [0.25, 0.3) is 0 Å². The first-order valence-corrected chi connectivity index (χ1v) is 25.9. The summed E-state index contributed by atoms with van der Waals surface area (Å²) in [5.74, 6) is 2.06. The van der Waals surface area contributed by atoms with Gasteiger partial charge in [-0.15, -0.1) is 0 Å². The molecule has 7 aliphatic rings. The number of quaternary nitrogens is 1. The summed E-state index contributed by atoms with van der Waals surface area (Å²) in [4.78, 5) is 35.0. The van der Waals surface area contributed by atoms with E-state index in [9.17, 15) is 24.6 Å². The molecular weight excluding hydrogens is 835 g/mol. The van der Waals surface area contributed by atoms with Crippen LogP contribution < -0.4 is 0 Å². The summed E-state index contributed by atoms with van der Waals surface area (Å²) in [5.41, 5.74) is 5.32. The van der Waals surface area contributed by atoms with Crippen LogP contribution in [0.5, 0.6) is 0 Å². The third-order valence-corrected chi connectivity index (χ3v) is 18.3. The Kier molecular flexibility index (Phi) is 19.8. The third-order valence-electron chi connectivity index (χ3n) is 18.3. The average Bonchev–Trinajstić information content (AvgIpc) is 3.74. The number of aliphatic carboxylic acids is 1. The van der Waals surface area contributed by atoms with Gasteiger partial charge in [-0.1, -0.05) is 89.8 Å². The second kappa shape index (κ2) is 23.5. The van der Waals surface area contributed by atoms with E-state index in [4.69, 9.17) is 14.9 Å². The van der Waals surface area contributed by atoms with Crippen molar-refractivity contribution in [3.8, 4) is 0 Å². The zero-order chi connectivity index (χ0) is 49.3. The molecule has 376 valence electrons. The zero-order valence-electron chi connectivity index (χ0n) is 43.3. The molecule has 11 heteroatoms. The van der Waals surface area contributed by atoms with Crippen LogP contribution >= 0.6 is 0 Å². The third kappa shape index (κ3) is 12.1. The lowest BCUT2D eigenvalue weighted by atomic mass is 9.47. The van der Waals surface area contributed by atoms with Crippen LogP contribution in [0.3, 0.4) is 0 Å². The SMILES string of the molecule is CC(C)C1=CC2=CCC3[C@](C)(C(=O)O)CCC[C@]3(C)[C@H]2CC1.CC(C)C1=CC2=CCC3[C@](C)(C(=O)OCC(O)CO)CCC[C@]3(C)[C@H]2CC1.CC[N+](CC)(CC)CC.O=C1OCC(CO)O1. The largest absolute Gasteiger partial charge is 0.508 e. The van der Waals surface area contributed by atoms with Crippen molar-refractivity contribution in [3.63, 3.8) is 0 Å². The van der Waals surface area contributed by atoms with Crippen molar-refractivity contribution in [2.24, 2.45) is 57.2 Å². The Bertz CT molecular complexity index is 1760. The molecule has 0 aromatic carbocycles. The van der Waals surface area contributed by atoms with Gasteiger partial charge in [0.25, 0.3) is 0 Å². The minimum Gasteiger partial charge on any atom is -0.481 e. The van der Waals surface area contributed by atoms with Gasteiger partial charge in [0, 0.05) is 0 Å². The summed E-state index contributed by atoms with van der Waals surface area (Å²) in [6.45, 7) is 31.6. The van der Waals surface area contributed by atoms with Gasteiger partial charge in [0.2, 0.25) is 0 Å². The summed E-state index contributed by atoms with van der Waals surface area (Å²) < 4.78 is 15.4. The number of hydrogen-bond acceptors (Lipinski definition) is 9. The van der Waals surface area contributed by atoms with Crippen LogP contribution in [0.2, 0.25) is 0 Å². The fourth-order valence-corrected chi connectivity index (χ4v) is 13.4. The number of fused-ring (bicyclic) bond motifs is 6. The van der Waals surface area contributed by atoms with Crippen molar-refractivity contribution < 1.29 is 53.5 Å². The first kappa shape index (κ1) is 55.6. The molecule has 7 rings (SSSR count). The lowest BCUT2D eigenvalue weighted by Crippen LogP contribution is -2.53. The second-order valence-corrected chi connectivity index (χ2v) is 22.3. The average molecular weight is 927 g/mol. The Morgan fingerprint density at radius 3 is 1.56 bits per heavy atom. The summed E-state index contributed by atoms with van der Waals surface area (Å²) in [5, 5.41) is 36.7. The highest BCUT2D eigenvalue weighted by Gasteiger charge is 2.59. The van der Waals surface area contributed by atoms with Gasteiger partial charge in [0.05, 0.1) is 50.2 Å². The van der Waals surface area contributed by atoms with E-state index in [1.165, 1.54) is 67.5 Å². The predicted molar refractivity (Wildman–Crippen MR) is 261 cm³/mol. The summed E-state index contributed by atoms with van der Waals surface area (Å²) in [7, 11) is 0. The number of cyclic esters (lactones) is 2. The van der Waals surface area contributed by atoms with Crippen molar-refractivity contribution >= 4 is 18.1 Å². The molecular formula is C55H92NO10+. The normalized spacial score (nSPS) is 33.8. The van der Waals surface area contributed by atoms with E-state index in [1.807, 2.05) is 6.92 Å². The number of hydrogen-bond donors (Lipinski definition) is 4. The zero-order valence-corrected chi connectivity index (χ0v) is 43.3. The molecule has 11 nitrogen and oxygen atoms in total. The first-order valence-electron chi connectivity index (χ1n) is 25.9. The number of carboxylic acids is 1. The van der Waals surface area contributed by atoms with E-state index in [-0.39, 0.29) is 55.1 Å². The minimum absolute atomic E-state index is 0.116. The molecule has 1 saturated heterocycles. The molecule has 0 aromatic heterocycles. The molecule has 10 atom stereocenters. The van der Waals surface area contributed by atoms with E-state index in [0.717, 1.165) is 51.4 Å². The Balaban J connectivity index is 0.000000216. The van der Waals surface area contributed by atoms with E-state index in [1.54, 1.807) is 11.1 Å². The van der Waals surface area contributed by atoms with Crippen LogP contribution in [0.4, 0.5) is 4.79 Å². The fourth-order valence-electron chi connectivity index (χ4n) is 13.4. The fraction of sp³-hybridized carbons (Fsp3) is 0.800. The summed E-state index contributed by atoms with van der Waals surface area (Å²) in [6, 6.07) is 0. The number of esters is 1. The Morgan fingerprint density at radius 2 is 1.21 bits per heavy atom.